The summed E-state index contributed by atoms with van der Waals surface area (Å²) in [7, 11) is 1.65. The number of rotatable bonds is 2. The quantitative estimate of drug-likeness (QED) is 0.908. The summed E-state index contributed by atoms with van der Waals surface area (Å²) in [5.41, 5.74) is 1.10. The van der Waals surface area contributed by atoms with Gasteiger partial charge < -0.3 is 10.1 Å². The highest BCUT2D eigenvalue weighted by molar-refractivity contribution is 9.10. The molecule has 0 aromatic heterocycles. The van der Waals surface area contributed by atoms with Crippen LogP contribution in [0.2, 0.25) is 0 Å². The topological polar surface area (TPSA) is 41.6 Å². The summed E-state index contributed by atoms with van der Waals surface area (Å²) in [6, 6.07) is 6.04. The molecule has 1 aromatic carbocycles. The summed E-state index contributed by atoms with van der Waals surface area (Å²) in [6.07, 6.45) is 3.28. The second-order valence-electron chi connectivity index (χ2n) is 5.05. The standard InChI is InChI=1S/C14H17BrN2O2/c1-19-12-6-5-9(8-10(12)15)13-16-14(18)11-4-2-3-7-17(11)13/h5-6,8,11,13H,2-4,7H2,1H3,(H,16,18). The molecule has 4 nitrogen and oxygen atoms in total. The maximum absolute atomic E-state index is 12.0. The van der Waals surface area contributed by atoms with Crippen molar-refractivity contribution >= 4 is 21.8 Å². The molecule has 1 amide bonds. The first-order valence-electron chi connectivity index (χ1n) is 6.60. The highest BCUT2D eigenvalue weighted by Crippen LogP contribution is 2.35. The highest BCUT2D eigenvalue weighted by atomic mass is 79.9. The van der Waals surface area contributed by atoms with Crippen LogP contribution in [-0.2, 0) is 4.79 Å². The second-order valence-corrected chi connectivity index (χ2v) is 5.91. The minimum Gasteiger partial charge on any atom is -0.496 e. The van der Waals surface area contributed by atoms with E-state index in [0.717, 1.165) is 35.2 Å². The molecule has 19 heavy (non-hydrogen) atoms. The van der Waals surface area contributed by atoms with Crippen LogP contribution in [0.3, 0.4) is 0 Å². The van der Waals surface area contributed by atoms with Gasteiger partial charge in [-0.2, -0.15) is 0 Å². The van der Waals surface area contributed by atoms with Gasteiger partial charge in [-0.05, 0) is 46.5 Å². The van der Waals surface area contributed by atoms with E-state index in [0.29, 0.717) is 0 Å². The van der Waals surface area contributed by atoms with E-state index in [1.54, 1.807) is 7.11 Å². The number of hydrogen-bond donors (Lipinski definition) is 1. The summed E-state index contributed by atoms with van der Waals surface area (Å²) in [5, 5.41) is 3.10. The molecule has 1 N–H and O–H groups in total. The Morgan fingerprint density at radius 1 is 1.42 bits per heavy atom. The Bertz CT molecular complexity index is 506. The van der Waals surface area contributed by atoms with Crippen molar-refractivity contribution in [3.05, 3.63) is 28.2 Å². The van der Waals surface area contributed by atoms with Crippen LogP contribution in [0.15, 0.2) is 22.7 Å². The monoisotopic (exact) mass is 324 g/mol. The van der Waals surface area contributed by atoms with Crippen LogP contribution >= 0.6 is 15.9 Å². The molecular formula is C14H17BrN2O2. The third-order valence-corrected chi connectivity index (χ3v) is 4.57. The largest absolute Gasteiger partial charge is 0.496 e. The fourth-order valence-electron chi connectivity index (χ4n) is 2.99. The van der Waals surface area contributed by atoms with Crippen molar-refractivity contribution in [3.8, 4) is 5.75 Å². The predicted molar refractivity (Wildman–Crippen MR) is 75.9 cm³/mol. The maximum atomic E-state index is 12.0. The molecule has 0 spiro atoms. The number of piperidine rings is 1. The normalized spacial score (nSPS) is 26.9. The Hall–Kier alpha value is -1.07. The Kier molecular flexibility index (Phi) is 3.50. The van der Waals surface area contributed by atoms with E-state index >= 15 is 0 Å². The van der Waals surface area contributed by atoms with Crippen molar-refractivity contribution in [1.29, 1.82) is 0 Å². The summed E-state index contributed by atoms with van der Waals surface area (Å²) < 4.78 is 6.16. The van der Waals surface area contributed by atoms with Gasteiger partial charge in [0.2, 0.25) is 5.91 Å². The fourth-order valence-corrected chi connectivity index (χ4v) is 3.54. The average Bonchev–Trinajstić information content (AvgIpc) is 2.77. The van der Waals surface area contributed by atoms with Gasteiger partial charge in [-0.3, -0.25) is 9.69 Å². The van der Waals surface area contributed by atoms with Crippen LogP contribution in [0.5, 0.6) is 5.75 Å². The lowest BCUT2D eigenvalue weighted by molar-refractivity contribution is -0.122. The van der Waals surface area contributed by atoms with E-state index in [1.165, 1.54) is 6.42 Å². The minimum absolute atomic E-state index is 0.00000567. The summed E-state index contributed by atoms with van der Waals surface area (Å²) >= 11 is 3.50. The number of hydrogen-bond acceptors (Lipinski definition) is 3. The number of halogens is 1. The van der Waals surface area contributed by atoms with Gasteiger partial charge in [0, 0.05) is 6.54 Å². The predicted octanol–water partition coefficient (Wildman–Crippen LogP) is 2.44. The molecule has 5 heteroatoms. The molecular weight excluding hydrogens is 308 g/mol. The SMILES string of the molecule is COc1ccc(C2NC(=O)C3CCCCN32)cc1Br. The third-order valence-electron chi connectivity index (χ3n) is 3.95. The summed E-state index contributed by atoms with van der Waals surface area (Å²) in [6.45, 7) is 0.984. The Morgan fingerprint density at radius 3 is 3.00 bits per heavy atom. The molecule has 2 aliphatic rings. The number of carbonyl (C=O) groups excluding carboxylic acids is 1. The minimum atomic E-state index is 0.00000567. The van der Waals surface area contributed by atoms with Crippen molar-refractivity contribution in [3.63, 3.8) is 0 Å². The van der Waals surface area contributed by atoms with Crippen LogP contribution in [0.1, 0.15) is 31.0 Å². The Morgan fingerprint density at radius 2 is 2.26 bits per heavy atom. The molecule has 1 aromatic rings. The molecule has 2 atom stereocenters. The van der Waals surface area contributed by atoms with Crippen LogP contribution < -0.4 is 10.1 Å². The molecule has 0 aliphatic carbocycles. The van der Waals surface area contributed by atoms with Crippen molar-refractivity contribution in [1.82, 2.24) is 10.2 Å². The molecule has 2 unspecified atom stereocenters. The maximum Gasteiger partial charge on any atom is 0.238 e. The molecule has 3 rings (SSSR count). The highest BCUT2D eigenvalue weighted by Gasteiger charge is 2.41. The number of methoxy groups -OCH3 is 1. The van der Waals surface area contributed by atoms with Crippen molar-refractivity contribution in [2.45, 2.75) is 31.5 Å². The Labute approximate surface area is 121 Å². The van der Waals surface area contributed by atoms with Crippen LogP contribution in [0.4, 0.5) is 0 Å². The zero-order valence-electron chi connectivity index (χ0n) is 10.9. The van der Waals surface area contributed by atoms with E-state index in [1.807, 2.05) is 18.2 Å². The third kappa shape index (κ3) is 2.25. The zero-order chi connectivity index (χ0) is 13.4. The number of nitrogens with one attached hydrogen (secondary N) is 1. The number of fused-ring (bicyclic) bond motifs is 1. The number of amides is 1. The van der Waals surface area contributed by atoms with Gasteiger partial charge in [-0.1, -0.05) is 12.5 Å². The second kappa shape index (κ2) is 5.13. The van der Waals surface area contributed by atoms with Crippen molar-refractivity contribution in [2.24, 2.45) is 0 Å². The molecule has 0 saturated carbocycles. The van der Waals surface area contributed by atoms with Crippen LogP contribution in [0.25, 0.3) is 0 Å². The van der Waals surface area contributed by atoms with Crippen molar-refractivity contribution in [2.75, 3.05) is 13.7 Å². The van der Waals surface area contributed by atoms with Gasteiger partial charge >= 0.3 is 0 Å². The smallest absolute Gasteiger partial charge is 0.238 e. The zero-order valence-corrected chi connectivity index (χ0v) is 12.4. The first kappa shape index (κ1) is 12.9. The van der Waals surface area contributed by atoms with Gasteiger partial charge in [0.1, 0.15) is 11.9 Å². The molecule has 102 valence electrons. The number of ether oxygens (including phenoxy) is 1. The van der Waals surface area contributed by atoms with E-state index < -0.39 is 0 Å². The fraction of sp³-hybridized carbons (Fsp3) is 0.500. The lowest BCUT2D eigenvalue weighted by atomic mass is 10.0. The van der Waals surface area contributed by atoms with E-state index in [-0.39, 0.29) is 18.1 Å². The van der Waals surface area contributed by atoms with Gasteiger partial charge in [0.05, 0.1) is 17.6 Å². The molecule has 0 bridgehead atoms. The number of carbonyl (C=O) groups is 1. The average molecular weight is 325 g/mol. The van der Waals surface area contributed by atoms with Gasteiger partial charge in [-0.15, -0.1) is 0 Å². The molecule has 2 saturated heterocycles. The molecule has 2 fully saturated rings. The summed E-state index contributed by atoms with van der Waals surface area (Å²) in [4.78, 5) is 14.3. The number of benzene rings is 1. The van der Waals surface area contributed by atoms with Crippen LogP contribution in [0, 0.1) is 0 Å². The molecule has 0 radical (unpaired) electrons. The van der Waals surface area contributed by atoms with Crippen LogP contribution in [-0.4, -0.2) is 30.5 Å². The molecule has 2 aliphatic heterocycles. The lowest BCUT2D eigenvalue weighted by Crippen LogP contribution is -2.38. The first-order chi connectivity index (χ1) is 9.20. The van der Waals surface area contributed by atoms with Gasteiger partial charge in [0.25, 0.3) is 0 Å². The van der Waals surface area contributed by atoms with Gasteiger partial charge in [0.15, 0.2) is 0 Å². The number of nitrogens with zero attached hydrogens (tertiary/aromatic N) is 1. The Balaban J connectivity index is 1.89. The lowest BCUT2D eigenvalue weighted by Gasteiger charge is -2.31. The van der Waals surface area contributed by atoms with E-state index in [9.17, 15) is 4.79 Å². The summed E-state index contributed by atoms with van der Waals surface area (Å²) in [5.74, 6) is 0.972. The van der Waals surface area contributed by atoms with Gasteiger partial charge in [-0.25, -0.2) is 0 Å². The van der Waals surface area contributed by atoms with E-state index in [4.69, 9.17) is 4.74 Å². The van der Waals surface area contributed by atoms with E-state index in [2.05, 4.69) is 26.1 Å². The first-order valence-corrected chi connectivity index (χ1v) is 7.39. The molecule has 2 heterocycles. The van der Waals surface area contributed by atoms with Crippen molar-refractivity contribution < 1.29 is 9.53 Å².